The van der Waals surface area contributed by atoms with Gasteiger partial charge >= 0.3 is 0 Å². The summed E-state index contributed by atoms with van der Waals surface area (Å²) in [4.78, 5) is 14.7. The normalized spacial score (nSPS) is 20.6. The largest absolute Gasteiger partial charge is 0.354 e. The first-order chi connectivity index (χ1) is 11.8. The lowest BCUT2D eigenvalue weighted by Gasteiger charge is -2.32. The molecule has 0 radical (unpaired) electrons. The van der Waals surface area contributed by atoms with Gasteiger partial charge in [-0.25, -0.2) is 12.7 Å². The molecule has 0 spiro atoms. The smallest absolute Gasteiger partial charge is 0.224 e. The number of amides is 1. The van der Waals surface area contributed by atoms with E-state index in [0.29, 0.717) is 26.1 Å². The molecule has 0 aromatic carbocycles. The van der Waals surface area contributed by atoms with Crippen LogP contribution in [0, 0.1) is 5.92 Å². The molecule has 2 heterocycles. The zero-order valence-corrected chi connectivity index (χ0v) is 16.9. The summed E-state index contributed by atoms with van der Waals surface area (Å²) in [7, 11) is 0.755. The van der Waals surface area contributed by atoms with Crippen molar-refractivity contribution in [2.75, 3.05) is 39.5 Å². The van der Waals surface area contributed by atoms with Gasteiger partial charge in [-0.15, -0.1) is 0 Å². The Labute approximate surface area is 155 Å². The van der Waals surface area contributed by atoms with Crippen LogP contribution < -0.4 is 5.32 Å². The fourth-order valence-electron chi connectivity index (χ4n) is 3.20. The van der Waals surface area contributed by atoms with Crippen LogP contribution in [0.2, 0.25) is 0 Å². The topological polar surface area (TPSA) is 69.7 Å². The molecule has 2 rings (SSSR count). The van der Waals surface area contributed by atoms with Crippen LogP contribution in [0.15, 0.2) is 16.8 Å². The summed E-state index contributed by atoms with van der Waals surface area (Å²) >= 11 is 1.64. The molecule has 0 aliphatic carbocycles. The number of likely N-dealkylation sites (N-methyl/N-ethyl adjacent to an activating group) is 1. The van der Waals surface area contributed by atoms with Crippen LogP contribution in [0.25, 0.3) is 0 Å². The second kappa shape index (κ2) is 9.12. The van der Waals surface area contributed by atoms with Gasteiger partial charge in [0.15, 0.2) is 0 Å². The molecule has 1 N–H and O–H groups in total. The van der Waals surface area contributed by atoms with Gasteiger partial charge in [0.25, 0.3) is 0 Å². The van der Waals surface area contributed by atoms with E-state index in [1.807, 2.05) is 26.4 Å². The molecular formula is C17H29N3O3S2. The first-order valence-corrected chi connectivity index (χ1v) is 11.3. The van der Waals surface area contributed by atoms with Gasteiger partial charge in [0.1, 0.15) is 0 Å². The van der Waals surface area contributed by atoms with Crippen LogP contribution in [0.3, 0.4) is 0 Å². The zero-order chi connectivity index (χ0) is 18.4. The van der Waals surface area contributed by atoms with E-state index < -0.39 is 10.0 Å². The van der Waals surface area contributed by atoms with Gasteiger partial charge in [-0.1, -0.05) is 6.92 Å². The van der Waals surface area contributed by atoms with Gasteiger partial charge in [-0.2, -0.15) is 11.3 Å². The van der Waals surface area contributed by atoms with Gasteiger partial charge in [0, 0.05) is 19.6 Å². The molecule has 0 unspecified atom stereocenters. The van der Waals surface area contributed by atoms with Crippen molar-refractivity contribution in [1.29, 1.82) is 0 Å². The maximum Gasteiger partial charge on any atom is 0.224 e. The quantitative estimate of drug-likeness (QED) is 0.740. The number of nitrogens with one attached hydrogen (secondary N) is 1. The molecule has 0 bridgehead atoms. The molecule has 1 aromatic rings. The number of carbonyl (C=O) groups excluding carboxylic acids is 1. The lowest BCUT2D eigenvalue weighted by atomic mass is 9.98. The average Bonchev–Trinajstić information content (AvgIpc) is 3.09. The summed E-state index contributed by atoms with van der Waals surface area (Å²) in [5.41, 5.74) is 1.19. The summed E-state index contributed by atoms with van der Waals surface area (Å²) in [6.45, 7) is 3.22. The fourth-order valence-corrected chi connectivity index (χ4v) is 5.50. The van der Waals surface area contributed by atoms with Crippen molar-refractivity contribution in [3.63, 3.8) is 0 Å². The van der Waals surface area contributed by atoms with E-state index in [1.54, 1.807) is 11.3 Å². The first kappa shape index (κ1) is 20.4. The number of carbonyl (C=O) groups is 1. The van der Waals surface area contributed by atoms with Gasteiger partial charge in [-0.05, 0) is 55.7 Å². The van der Waals surface area contributed by atoms with E-state index >= 15 is 0 Å². The first-order valence-electron chi connectivity index (χ1n) is 8.79. The molecule has 142 valence electrons. The van der Waals surface area contributed by atoms with Gasteiger partial charge in [0.05, 0.1) is 17.7 Å². The summed E-state index contributed by atoms with van der Waals surface area (Å²) in [6, 6.07) is 2.19. The molecule has 6 nitrogen and oxygen atoms in total. The van der Waals surface area contributed by atoms with E-state index in [4.69, 9.17) is 0 Å². The number of hydrogen-bond donors (Lipinski definition) is 1. The Morgan fingerprint density at radius 3 is 2.84 bits per heavy atom. The molecule has 1 saturated heterocycles. The molecule has 1 aliphatic rings. The SMILES string of the molecule is CCCS(=O)(=O)N1CCC[C@H](C(=O)NC[C@@H](c2ccsc2)N(C)C)C1. The Hall–Kier alpha value is -0.960. The Morgan fingerprint density at radius 2 is 2.24 bits per heavy atom. The summed E-state index contributed by atoms with van der Waals surface area (Å²) in [5, 5.41) is 7.16. The highest BCUT2D eigenvalue weighted by Crippen LogP contribution is 2.22. The molecule has 1 fully saturated rings. The number of thiophene rings is 1. The molecule has 25 heavy (non-hydrogen) atoms. The Bertz CT molecular complexity index is 644. The lowest BCUT2D eigenvalue weighted by Crippen LogP contribution is -2.47. The van der Waals surface area contributed by atoms with Gasteiger partial charge < -0.3 is 10.2 Å². The van der Waals surface area contributed by atoms with Crippen molar-refractivity contribution in [3.05, 3.63) is 22.4 Å². The van der Waals surface area contributed by atoms with Crippen molar-refractivity contribution >= 4 is 27.3 Å². The minimum Gasteiger partial charge on any atom is -0.354 e. The van der Waals surface area contributed by atoms with E-state index in [1.165, 1.54) is 9.87 Å². The Kier molecular flexibility index (Phi) is 7.42. The average molecular weight is 388 g/mol. The highest BCUT2D eigenvalue weighted by atomic mass is 32.2. The van der Waals surface area contributed by atoms with Crippen LogP contribution in [-0.4, -0.2) is 63.0 Å². The highest BCUT2D eigenvalue weighted by Gasteiger charge is 2.32. The van der Waals surface area contributed by atoms with Crippen molar-refractivity contribution in [3.8, 4) is 0 Å². The minimum absolute atomic E-state index is 0.0431. The maximum absolute atomic E-state index is 12.6. The van der Waals surface area contributed by atoms with E-state index in [-0.39, 0.29) is 23.6 Å². The second-order valence-electron chi connectivity index (χ2n) is 6.79. The second-order valence-corrected chi connectivity index (χ2v) is 9.66. The summed E-state index contributed by atoms with van der Waals surface area (Å²) in [6.07, 6.45) is 2.08. The summed E-state index contributed by atoms with van der Waals surface area (Å²) in [5.74, 6) is -0.147. The van der Waals surface area contributed by atoms with Crippen molar-refractivity contribution in [1.82, 2.24) is 14.5 Å². The third-order valence-electron chi connectivity index (χ3n) is 4.63. The Balaban J connectivity index is 1.93. The Morgan fingerprint density at radius 1 is 1.48 bits per heavy atom. The van der Waals surface area contributed by atoms with Crippen LogP contribution in [0.5, 0.6) is 0 Å². The number of piperidine rings is 1. The monoisotopic (exact) mass is 387 g/mol. The van der Waals surface area contributed by atoms with Crippen LogP contribution in [0.1, 0.15) is 37.8 Å². The van der Waals surface area contributed by atoms with Gasteiger partial charge in [0.2, 0.25) is 15.9 Å². The predicted molar refractivity (Wildman–Crippen MR) is 102 cm³/mol. The number of rotatable bonds is 8. The number of nitrogens with zero attached hydrogens (tertiary/aromatic N) is 2. The van der Waals surface area contributed by atoms with Crippen molar-refractivity contribution in [2.45, 2.75) is 32.2 Å². The molecule has 1 aliphatic heterocycles. The van der Waals surface area contributed by atoms with E-state index in [2.05, 4.69) is 21.7 Å². The number of hydrogen-bond acceptors (Lipinski definition) is 5. The minimum atomic E-state index is -3.23. The fraction of sp³-hybridized carbons (Fsp3) is 0.706. The third kappa shape index (κ3) is 5.51. The van der Waals surface area contributed by atoms with Crippen LogP contribution >= 0.6 is 11.3 Å². The van der Waals surface area contributed by atoms with Crippen LogP contribution in [-0.2, 0) is 14.8 Å². The van der Waals surface area contributed by atoms with Gasteiger partial charge in [-0.3, -0.25) is 4.79 Å². The highest BCUT2D eigenvalue weighted by molar-refractivity contribution is 7.89. The van der Waals surface area contributed by atoms with Crippen molar-refractivity contribution < 1.29 is 13.2 Å². The lowest BCUT2D eigenvalue weighted by molar-refractivity contribution is -0.126. The zero-order valence-electron chi connectivity index (χ0n) is 15.3. The number of sulfonamides is 1. The maximum atomic E-state index is 12.6. The molecule has 8 heteroatoms. The van der Waals surface area contributed by atoms with E-state index in [0.717, 1.165) is 12.8 Å². The predicted octanol–water partition coefficient (Wildman–Crippen LogP) is 1.92. The molecule has 1 amide bonds. The summed E-state index contributed by atoms with van der Waals surface area (Å²) < 4.78 is 26.0. The van der Waals surface area contributed by atoms with E-state index in [9.17, 15) is 13.2 Å². The molecule has 2 atom stereocenters. The standard InChI is InChI=1S/C17H29N3O3S2/c1-4-10-25(22,23)20-8-5-6-14(12-20)17(21)18-11-16(19(2)3)15-7-9-24-13-15/h7,9,13-14,16H,4-6,8,10-12H2,1-3H3,(H,18,21)/t14-,16-/m0/s1. The van der Waals surface area contributed by atoms with Crippen LogP contribution in [0.4, 0.5) is 0 Å². The third-order valence-corrected chi connectivity index (χ3v) is 7.38. The molecule has 1 aromatic heterocycles. The molecule has 0 saturated carbocycles. The van der Waals surface area contributed by atoms with Crippen molar-refractivity contribution in [2.24, 2.45) is 5.92 Å². The molecular weight excluding hydrogens is 358 g/mol.